The molecule has 0 fully saturated rings. The SMILES string of the molecule is CCC[C@@H](O)COc1ccc(Cl)c(-c2nc(-c3c(C)noc3C)c(C)c(N3Cc4cnn(CCOC)c4C3)n2)c1. The van der Waals surface area contributed by atoms with Crippen molar-refractivity contribution >= 4 is 17.4 Å². The van der Waals surface area contributed by atoms with E-state index >= 15 is 0 Å². The minimum atomic E-state index is -0.533. The molecule has 0 unspecified atom stereocenters. The van der Waals surface area contributed by atoms with E-state index in [4.69, 9.17) is 35.6 Å². The lowest BCUT2D eigenvalue weighted by atomic mass is 10.0. The maximum Gasteiger partial charge on any atom is 0.163 e. The molecule has 0 saturated heterocycles. The Morgan fingerprint density at radius 2 is 2.00 bits per heavy atom. The number of methoxy groups -OCH3 is 1. The standard InChI is InChI=1S/C29H35ClN6O4/c1-6-7-21(37)16-39-22-8-9-24(30)23(12-22)28-32-27(26-18(3)34-40-19(26)4)17(2)29(33-28)35-14-20-13-31-36(10-11-38-5)25(20)15-35/h8-9,12-13,21,37H,6-7,10-11,14-16H2,1-5H3/t21-/m1/s1. The van der Waals surface area contributed by atoms with Crippen molar-refractivity contribution in [1.29, 1.82) is 0 Å². The van der Waals surface area contributed by atoms with Crippen LogP contribution in [0.25, 0.3) is 22.6 Å². The molecule has 40 heavy (non-hydrogen) atoms. The van der Waals surface area contributed by atoms with Crippen LogP contribution in [0.3, 0.4) is 0 Å². The summed E-state index contributed by atoms with van der Waals surface area (Å²) in [5.74, 6) is 2.54. The molecule has 5 rings (SSSR count). The Kier molecular flexibility index (Phi) is 8.39. The Hall–Kier alpha value is -3.47. The molecule has 0 aliphatic carbocycles. The van der Waals surface area contributed by atoms with Gasteiger partial charge in [0.1, 0.15) is 23.9 Å². The second-order valence-corrected chi connectivity index (χ2v) is 10.5. The molecular weight excluding hydrogens is 532 g/mol. The number of aromatic nitrogens is 5. The zero-order valence-electron chi connectivity index (χ0n) is 23.6. The lowest BCUT2D eigenvalue weighted by Gasteiger charge is -2.22. The number of nitrogens with zero attached hydrogens (tertiary/aromatic N) is 6. The van der Waals surface area contributed by atoms with Crippen LogP contribution in [-0.4, -0.2) is 56.4 Å². The van der Waals surface area contributed by atoms with Gasteiger partial charge in [-0.1, -0.05) is 30.1 Å². The van der Waals surface area contributed by atoms with Crippen molar-refractivity contribution in [2.75, 3.05) is 25.2 Å². The first-order valence-electron chi connectivity index (χ1n) is 13.5. The van der Waals surface area contributed by atoms with Crippen molar-refractivity contribution in [3.05, 3.63) is 57.7 Å². The Bertz CT molecular complexity index is 1480. The van der Waals surface area contributed by atoms with E-state index in [9.17, 15) is 5.11 Å². The topological polar surface area (TPSA) is 112 Å². The van der Waals surface area contributed by atoms with Crippen molar-refractivity contribution in [3.63, 3.8) is 0 Å². The highest BCUT2D eigenvalue weighted by Gasteiger charge is 2.29. The number of aryl methyl sites for hydroxylation is 2. The third kappa shape index (κ3) is 5.56. The average molecular weight is 567 g/mol. The number of anilines is 1. The number of benzene rings is 1. The molecule has 1 atom stereocenters. The smallest absolute Gasteiger partial charge is 0.163 e. The van der Waals surface area contributed by atoms with Crippen LogP contribution in [0.15, 0.2) is 28.9 Å². The predicted octanol–water partition coefficient (Wildman–Crippen LogP) is 5.28. The van der Waals surface area contributed by atoms with Crippen molar-refractivity contribution in [3.8, 4) is 28.4 Å². The molecule has 1 aliphatic rings. The van der Waals surface area contributed by atoms with Crippen LogP contribution >= 0.6 is 11.6 Å². The second kappa shape index (κ2) is 12.0. The normalized spacial score (nSPS) is 13.6. The zero-order valence-corrected chi connectivity index (χ0v) is 24.3. The van der Waals surface area contributed by atoms with Gasteiger partial charge in [0, 0.05) is 30.3 Å². The molecule has 0 amide bonds. The summed E-state index contributed by atoms with van der Waals surface area (Å²) in [4.78, 5) is 12.3. The Morgan fingerprint density at radius 3 is 2.73 bits per heavy atom. The first kappa shape index (κ1) is 28.1. The van der Waals surface area contributed by atoms with Crippen molar-refractivity contribution < 1.29 is 19.1 Å². The highest BCUT2D eigenvalue weighted by molar-refractivity contribution is 6.33. The number of aliphatic hydroxyl groups excluding tert-OH is 1. The fourth-order valence-corrected chi connectivity index (χ4v) is 5.30. The summed E-state index contributed by atoms with van der Waals surface area (Å²) in [6.45, 7) is 10.7. The van der Waals surface area contributed by atoms with Gasteiger partial charge < -0.3 is 24.0 Å². The zero-order chi connectivity index (χ0) is 28.4. The number of hydrogen-bond acceptors (Lipinski definition) is 9. The molecule has 11 heteroatoms. The molecule has 1 aliphatic heterocycles. The third-order valence-electron chi connectivity index (χ3n) is 7.18. The molecule has 212 valence electrons. The fourth-order valence-electron chi connectivity index (χ4n) is 5.10. The first-order valence-corrected chi connectivity index (χ1v) is 13.9. The second-order valence-electron chi connectivity index (χ2n) is 10.1. The van der Waals surface area contributed by atoms with E-state index in [1.165, 1.54) is 0 Å². The van der Waals surface area contributed by atoms with Crippen LogP contribution in [-0.2, 0) is 24.4 Å². The van der Waals surface area contributed by atoms with Gasteiger partial charge >= 0.3 is 0 Å². The molecule has 1 N–H and O–H groups in total. The summed E-state index contributed by atoms with van der Waals surface area (Å²) in [7, 11) is 1.69. The highest BCUT2D eigenvalue weighted by Crippen LogP contribution is 2.39. The summed E-state index contributed by atoms with van der Waals surface area (Å²) in [6.07, 6.45) is 2.94. The highest BCUT2D eigenvalue weighted by atomic mass is 35.5. The number of aliphatic hydroxyl groups is 1. The molecule has 3 aromatic heterocycles. The molecule has 1 aromatic carbocycles. The minimum Gasteiger partial charge on any atom is -0.491 e. The minimum absolute atomic E-state index is 0.200. The van der Waals surface area contributed by atoms with E-state index in [0.29, 0.717) is 60.6 Å². The lowest BCUT2D eigenvalue weighted by molar-refractivity contribution is 0.0994. The van der Waals surface area contributed by atoms with Crippen LogP contribution in [0.5, 0.6) is 5.75 Å². The average Bonchev–Trinajstić information content (AvgIpc) is 3.62. The Labute approximate surface area is 238 Å². The molecule has 0 spiro atoms. The van der Waals surface area contributed by atoms with Crippen LogP contribution in [0.1, 0.15) is 48.0 Å². The van der Waals surface area contributed by atoms with E-state index in [1.807, 2.05) is 44.6 Å². The maximum absolute atomic E-state index is 10.1. The largest absolute Gasteiger partial charge is 0.491 e. The molecule has 0 radical (unpaired) electrons. The third-order valence-corrected chi connectivity index (χ3v) is 7.51. The first-order chi connectivity index (χ1) is 19.3. The van der Waals surface area contributed by atoms with Crippen molar-refractivity contribution in [1.82, 2.24) is 24.9 Å². The lowest BCUT2D eigenvalue weighted by Crippen LogP contribution is -2.21. The fraction of sp³-hybridized carbons (Fsp3) is 0.448. The van der Waals surface area contributed by atoms with Gasteiger partial charge in [-0.15, -0.1) is 0 Å². The maximum atomic E-state index is 10.1. The summed E-state index contributed by atoms with van der Waals surface area (Å²) < 4.78 is 18.7. The number of fused-ring (bicyclic) bond motifs is 1. The van der Waals surface area contributed by atoms with E-state index in [-0.39, 0.29) is 6.61 Å². The summed E-state index contributed by atoms with van der Waals surface area (Å²) in [5.41, 5.74) is 6.21. The molecule has 0 bridgehead atoms. The van der Waals surface area contributed by atoms with E-state index in [2.05, 4.69) is 15.2 Å². The molecular formula is C29H35ClN6O4. The van der Waals surface area contributed by atoms with Gasteiger partial charge in [-0.25, -0.2) is 9.97 Å². The molecule has 0 saturated carbocycles. The number of hydrogen-bond donors (Lipinski definition) is 1. The van der Waals surface area contributed by atoms with E-state index in [0.717, 1.165) is 46.0 Å². The number of halogens is 1. The Balaban J connectivity index is 1.57. The predicted molar refractivity (Wildman–Crippen MR) is 153 cm³/mol. The number of ether oxygens (including phenoxy) is 2. The van der Waals surface area contributed by atoms with Crippen molar-refractivity contribution in [2.45, 2.75) is 66.3 Å². The molecule has 4 aromatic rings. The van der Waals surface area contributed by atoms with Gasteiger partial charge in [0.05, 0.1) is 59.7 Å². The monoisotopic (exact) mass is 566 g/mol. The van der Waals surface area contributed by atoms with Gasteiger partial charge in [-0.2, -0.15) is 5.10 Å². The van der Waals surface area contributed by atoms with Crippen LogP contribution in [0.4, 0.5) is 5.82 Å². The van der Waals surface area contributed by atoms with E-state index in [1.54, 1.807) is 19.2 Å². The quantitative estimate of drug-likeness (QED) is 0.259. The number of rotatable bonds is 11. The summed E-state index contributed by atoms with van der Waals surface area (Å²) >= 11 is 6.71. The van der Waals surface area contributed by atoms with Gasteiger partial charge in [-0.3, -0.25) is 4.68 Å². The van der Waals surface area contributed by atoms with Gasteiger partial charge in [0.15, 0.2) is 5.82 Å². The van der Waals surface area contributed by atoms with Crippen LogP contribution in [0.2, 0.25) is 5.02 Å². The summed E-state index contributed by atoms with van der Waals surface area (Å²) in [5, 5.41) is 19.4. The summed E-state index contributed by atoms with van der Waals surface area (Å²) in [6, 6.07) is 5.39. The molecule has 4 heterocycles. The Morgan fingerprint density at radius 1 is 1.18 bits per heavy atom. The van der Waals surface area contributed by atoms with Crippen molar-refractivity contribution in [2.24, 2.45) is 0 Å². The van der Waals surface area contributed by atoms with Gasteiger partial charge in [0.25, 0.3) is 0 Å². The van der Waals surface area contributed by atoms with Gasteiger partial charge in [0.2, 0.25) is 0 Å². The van der Waals surface area contributed by atoms with Crippen LogP contribution < -0.4 is 9.64 Å². The molecule has 10 nitrogen and oxygen atoms in total. The van der Waals surface area contributed by atoms with E-state index < -0.39 is 6.10 Å². The van der Waals surface area contributed by atoms with Crippen LogP contribution in [0, 0.1) is 20.8 Å². The van der Waals surface area contributed by atoms with Gasteiger partial charge in [-0.05, 0) is 45.4 Å².